The summed E-state index contributed by atoms with van der Waals surface area (Å²) in [7, 11) is 1.86. The van der Waals surface area contributed by atoms with Crippen LogP contribution < -0.4 is 5.73 Å². The maximum atomic E-state index is 12.3. The third kappa shape index (κ3) is 3.33. The van der Waals surface area contributed by atoms with Crippen LogP contribution in [0.3, 0.4) is 0 Å². The first-order valence-corrected chi connectivity index (χ1v) is 6.64. The van der Waals surface area contributed by atoms with E-state index in [0.717, 1.165) is 18.4 Å². The van der Waals surface area contributed by atoms with Crippen LogP contribution in [0.2, 0.25) is 0 Å². The van der Waals surface area contributed by atoms with E-state index in [4.69, 9.17) is 5.73 Å². The topological polar surface area (TPSA) is 59.2 Å². The van der Waals surface area contributed by atoms with Crippen LogP contribution in [0.4, 0.5) is 0 Å². The predicted molar refractivity (Wildman–Crippen MR) is 74.5 cm³/mol. The lowest BCUT2D eigenvalue weighted by Gasteiger charge is -2.23. The first-order valence-electron chi connectivity index (χ1n) is 6.64. The van der Waals surface area contributed by atoms with Crippen molar-refractivity contribution in [2.24, 2.45) is 5.73 Å². The maximum absolute atomic E-state index is 12.3. The van der Waals surface area contributed by atoms with Crippen molar-refractivity contribution in [2.45, 2.75) is 31.7 Å². The summed E-state index contributed by atoms with van der Waals surface area (Å²) in [6.07, 6.45) is 6.25. The maximum Gasteiger partial charge on any atom is 0.272 e. The van der Waals surface area contributed by atoms with E-state index in [9.17, 15) is 4.79 Å². The van der Waals surface area contributed by atoms with E-state index in [-0.39, 0.29) is 5.91 Å². The van der Waals surface area contributed by atoms with Crippen molar-refractivity contribution in [3.63, 3.8) is 0 Å². The lowest BCUT2D eigenvalue weighted by Crippen LogP contribution is -2.35. The number of carbonyl (C=O) groups is 1. The van der Waals surface area contributed by atoms with E-state index in [1.165, 1.54) is 12.8 Å². The molecule has 0 saturated heterocycles. The minimum Gasteiger partial charge on any atom is -0.337 e. The molecule has 1 amide bonds. The van der Waals surface area contributed by atoms with E-state index in [0.29, 0.717) is 18.3 Å². The summed E-state index contributed by atoms with van der Waals surface area (Å²) in [6, 6.07) is 3.91. The van der Waals surface area contributed by atoms with E-state index >= 15 is 0 Å². The molecule has 1 aromatic rings. The Balaban J connectivity index is 2.06. The highest BCUT2D eigenvalue weighted by molar-refractivity contribution is 5.92. The lowest BCUT2D eigenvalue weighted by molar-refractivity contribution is 0.0729. The van der Waals surface area contributed by atoms with Gasteiger partial charge in [0.25, 0.3) is 5.91 Å². The number of pyridine rings is 1. The second-order valence-corrected chi connectivity index (χ2v) is 4.79. The molecule has 19 heavy (non-hydrogen) atoms. The van der Waals surface area contributed by atoms with Gasteiger partial charge >= 0.3 is 0 Å². The van der Waals surface area contributed by atoms with Crippen LogP contribution in [0, 0.1) is 11.8 Å². The summed E-state index contributed by atoms with van der Waals surface area (Å²) in [6.45, 7) is 0.325. The Morgan fingerprint density at radius 2 is 2.21 bits per heavy atom. The fraction of sp³-hybridized carbons (Fsp3) is 0.467. The Morgan fingerprint density at radius 1 is 1.47 bits per heavy atom. The van der Waals surface area contributed by atoms with Gasteiger partial charge in [0.05, 0.1) is 6.54 Å². The molecule has 100 valence electrons. The number of aromatic nitrogens is 1. The standard InChI is InChI=1S/C15H19N3O/c1-18(13-6-2-3-7-13)15(19)14-9-8-12(11-17-14)5-4-10-16/h8-9,11,13H,2-3,6-7,10,16H2,1H3. The van der Waals surface area contributed by atoms with Gasteiger partial charge in [-0.3, -0.25) is 4.79 Å². The largest absolute Gasteiger partial charge is 0.337 e. The van der Waals surface area contributed by atoms with Crippen molar-refractivity contribution in [3.05, 3.63) is 29.6 Å². The minimum atomic E-state index is -0.00904. The van der Waals surface area contributed by atoms with Gasteiger partial charge in [0.15, 0.2) is 0 Å². The highest BCUT2D eigenvalue weighted by Gasteiger charge is 2.24. The van der Waals surface area contributed by atoms with Crippen LogP contribution in [-0.2, 0) is 0 Å². The Bertz CT molecular complexity index is 492. The van der Waals surface area contributed by atoms with E-state index in [2.05, 4.69) is 16.8 Å². The number of rotatable bonds is 2. The van der Waals surface area contributed by atoms with Crippen molar-refractivity contribution in [2.75, 3.05) is 13.6 Å². The average Bonchev–Trinajstić information content (AvgIpc) is 2.98. The fourth-order valence-electron chi connectivity index (χ4n) is 2.39. The Labute approximate surface area is 114 Å². The molecular formula is C15H19N3O. The number of amides is 1. The van der Waals surface area contributed by atoms with Crippen LogP contribution in [-0.4, -0.2) is 35.4 Å². The molecule has 4 nitrogen and oxygen atoms in total. The molecular weight excluding hydrogens is 238 g/mol. The molecule has 1 aliphatic rings. The Morgan fingerprint density at radius 3 is 2.79 bits per heavy atom. The van der Waals surface area contributed by atoms with Crippen LogP contribution in [0.25, 0.3) is 0 Å². The normalized spacial score (nSPS) is 14.8. The van der Waals surface area contributed by atoms with Crippen molar-refractivity contribution >= 4 is 5.91 Å². The average molecular weight is 257 g/mol. The van der Waals surface area contributed by atoms with Crippen molar-refractivity contribution in [1.29, 1.82) is 0 Å². The number of hydrogen-bond donors (Lipinski definition) is 1. The molecule has 1 heterocycles. The van der Waals surface area contributed by atoms with Crippen molar-refractivity contribution < 1.29 is 4.79 Å². The molecule has 0 aromatic carbocycles. The van der Waals surface area contributed by atoms with Gasteiger partial charge < -0.3 is 10.6 Å². The second kappa shape index (κ2) is 6.35. The summed E-state index contributed by atoms with van der Waals surface area (Å²) in [4.78, 5) is 18.3. The first kappa shape index (κ1) is 13.6. The van der Waals surface area contributed by atoms with Crippen LogP contribution >= 0.6 is 0 Å². The molecule has 0 bridgehead atoms. The molecule has 0 radical (unpaired) electrons. The number of hydrogen-bond acceptors (Lipinski definition) is 3. The Kier molecular flexibility index (Phi) is 4.53. The van der Waals surface area contributed by atoms with E-state index in [1.54, 1.807) is 12.3 Å². The molecule has 0 atom stereocenters. The third-order valence-corrected chi connectivity index (χ3v) is 3.51. The van der Waals surface area contributed by atoms with E-state index in [1.807, 2.05) is 18.0 Å². The summed E-state index contributed by atoms with van der Waals surface area (Å²) in [5.41, 5.74) is 6.57. The quantitative estimate of drug-likeness (QED) is 0.815. The smallest absolute Gasteiger partial charge is 0.272 e. The summed E-state index contributed by atoms with van der Waals surface area (Å²) >= 11 is 0. The number of carbonyl (C=O) groups excluding carboxylic acids is 1. The van der Waals surface area contributed by atoms with Gasteiger partial charge in [-0.15, -0.1) is 0 Å². The van der Waals surface area contributed by atoms with Crippen LogP contribution in [0.1, 0.15) is 41.7 Å². The third-order valence-electron chi connectivity index (χ3n) is 3.51. The second-order valence-electron chi connectivity index (χ2n) is 4.79. The zero-order valence-electron chi connectivity index (χ0n) is 11.2. The molecule has 0 aliphatic heterocycles. The van der Waals surface area contributed by atoms with Gasteiger partial charge in [0, 0.05) is 24.8 Å². The monoisotopic (exact) mass is 257 g/mol. The highest BCUT2D eigenvalue weighted by Crippen LogP contribution is 2.23. The van der Waals surface area contributed by atoms with Gasteiger partial charge in [0.2, 0.25) is 0 Å². The highest BCUT2D eigenvalue weighted by atomic mass is 16.2. The predicted octanol–water partition coefficient (Wildman–Crippen LogP) is 1.41. The number of nitrogens with two attached hydrogens (primary N) is 1. The molecule has 2 rings (SSSR count). The van der Waals surface area contributed by atoms with Crippen molar-refractivity contribution in [3.8, 4) is 11.8 Å². The molecule has 0 spiro atoms. The van der Waals surface area contributed by atoms with E-state index < -0.39 is 0 Å². The van der Waals surface area contributed by atoms with Gasteiger partial charge in [-0.2, -0.15) is 0 Å². The zero-order valence-corrected chi connectivity index (χ0v) is 11.2. The summed E-state index contributed by atoms with van der Waals surface area (Å²) < 4.78 is 0. The van der Waals surface area contributed by atoms with Crippen molar-refractivity contribution in [1.82, 2.24) is 9.88 Å². The summed E-state index contributed by atoms with van der Waals surface area (Å²) in [5, 5.41) is 0. The minimum absolute atomic E-state index is 0.00904. The molecule has 1 aromatic heterocycles. The number of nitrogens with zero attached hydrogens (tertiary/aromatic N) is 2. The van der Waals surface area contributed by atoms with Crippen LogP contribution in [0.5, 0.6) is 0 Å². The van der Waals surface area contributed by atoms with Crippen LogP contribution in [0.15, 0.2) is 18.3 Å². The molecule has 1 fully saturated rings. The zero-order chi connectivity index (χ0) is 13.7. The lowest BCUT2D eigenvalue weighted by atomic mass is 10.2. The molecule has 1 saturated carbocycles. The SMILES string of the molecule is CN(C(=O)c1ccc(C#CCN)cn1)C1CCCC1. The molecule has 1 aliphatic carbocycles. The first-order chi connectivity index (χ1) is 9.22. The molecule has 0 unspecified atom stereocenters. The fourth-order valence-corrected chi connectivity index (χ4v) is 2.39. The van der Waals surface area contributed by atoms with Gasteiger partial charge in [-0.05, 0) is 25.0 Å². The Hall–Kier alpha value is -1.86. The van der Waals surface area contributed by atoms with Gasteiger partial charge in [-0.1, -0.05) is 24.7 Å². The molecule has 4 heteroatoms. The summed E-state index contributed by atoms with van der Waals surface area (Å²) in [5.74, 6) is 5.65. The van der Waals surface area contributed by atoms with Gasteiger partial charge in [-0.25, -0.2) is 4.98 Å². The molecule has 2 N–H and O–H groups in total. The van der Waals surface area contributed by atoms with Gasteiger partial charge in [0.1, 0.15) is 5.69 Å².